The van der Waals surface area contributed by atoms with E-state index in [0.717, 1.165) is 21.8 Å². The maximum absolute atomic E-state index is 12.9. The molecule has 0 bridgehead atoms. The Morgan fingerprint density at radius 2 is 1.70 bits per heavy atom. The van der Waals surface area contributed by atoms with Gasteiger partial charge in [-0.25, -0.2) is 8.42 Å². The fraction of sp³-hybridized carbons (Fsp3) is 0.150. The molecule has 3 aromatic rings. The third kappa shape index (κ3) is 4.75. The van der Waals surface area contributed by atoms with Crippen LogP contribution in [0.4, 0.5) is 18.9 Å². The molecule has 0 saturated carbocycles. The Kier molecular flexibility index (Phi) is 6.07. The monoisotopic (exact) mass is 456 g/mol. The van der Waals surface area contributed by atoms with Crippen LogP contribution in [0.3, 0.4) is 0 Å². The summed E-state index contributed by atoms with van der Waals surface area (Å²) in [7, 11) is -2.79. The van der Waals surface area contributed by atoms with Gasteiger partial charge < -0.3 is 5.32 Å². The van der Waals surface area contributed by atoms with Gasteiger partial charge in [-0.2, -0.15) is 17.5 Å². The molecule has 0 spiro atoms. The molecule has 3 rings (SSSR count). The number of hydrogen-bond donors (Lipinski definition) is 1. The molecule has 30 heavy (non-hydrogen) atoms. The van der Waals surface area contributed by atoms with E-state index in [1.54, 1.807) is 18.2 Å². The molecule has 0 saturated heterocycles. The fourth-order valence-corrected chi connectivity index (χ4v) is 4.11. The van der Waals surface area contributed by atoms with Gasteiger partial charge in [0.25, 0.3) is 0 Å². The first kappa shape index (κ1) is 22.1. The zero-order chi connectivity index (χ0) is 22.1. The van der Waals surface area contributed by atoms with Crippen molar-refractivity contribution < 1.29 is 26.4 Å². The Bertz CT molecular complexity index is 1210. The Morgan fingerprint density at radius 1 is 1.03 bits per heavy atom. The van der Waals surface area contributed by atoms with Crippen LogP contribution in [0.25, 0.3) is 10.8 Å². The molecule has 0 fully saturated rings. The second-order valence-corrected chi connectivity index (χ2v) is 8.96. The van der Waals surface area contributed by atoms with Crippen LogP contribution in [0.2, 0.25) is 5.02 Å². The van der Waals surface area contributed by atoms with E-state index >= 15 is 0 Å². The van der Waals surface area contributed by atoms with E-state index in [-0.39, 0.29) is 15.6 Å². The molecule has 158 valence electrons. The molecule has 5 nitrogen and oxygen atoms in total. The van der Waals surface area contributed by atoms with Crippen molar-refractivity contribution in [2.45, 2.75) is 11.1 Å². The van der Waals surface area contributed by atoms with Crippen molar-refractivity contribution in [3.63, 3.8) is 0 Å². The number of carbonyl (C=O) groups is 1. The molecule has 0 heterocycles. The van der Waals surface area contributed by atoms with Crippen molar-refractivity contribution in [3.05, 3.63) is 71.2 Å². The minimum Gasteiger partial charge on any atom is -0.324 e. The smallest absolute Gasteiger partial charge is 0.324 e. The minimum atomic E-state index is -4.61. The summed E-state index contributed by atoms with van der Waals surface area (Å²) in [5.41, 5.74) is -1.24. The van der Waals surface area contributed by atoms with E-state index in [2.05, 4.69) is 5.32 Å². The van der Waals surface area contributed by atoms with Gasteiger partial charge in [0.15, 0.2) is 0 Å². The van der Waals surface area contributed by atoms with Crippen LogP contribution >= 0.6 is 11.6 Å². The standard InChI is InChI=1S/C20H16ClF3N2O3S/c1-26(30(28,29)16-8-6-13-4-2-3-5-14(13)10-16)12-19(27)25-18-11-15(20(22,23)24)7-9-17(18)21/h2-11H,12H2,1H3,(H,25,27). The quantitative estimate of drug-likeness (QED) is 0.601. The first-order valence-corrected chi connectivity index (χ1v) is 10.4. The number of rotatable bonds is 5. The topological polar surface area (TPSA) is 66.5 Å². The first-order valence-electron chi connectivity index (χ1n) is 8.60. The fourth-order valence-electron chi connectivity index (χ4n) is 2.78. The molecule has 0 unspecified atom stereocenters. The highest BCUT2D eigenvalue weighted by Crippen LogP contribution is 2.33. The highest BCUT2D eigenvalue weighted by Gasteiger charge is 2.31. The van der Waals surface area contributed by atoms with Crippen LogP contribution in [-0.4, -0.2) is 32.2 Å². The van der Waals surface area contributed by atoms with Crippen molar-refractivity contribution in [2.75, 3.05) is 18.9 Å². The van der Waals surface area contributed by atoms with Gasteiger partial charge >= 0.3 is 6.18 Å². The highest BCUT2D eigenvalue weighted by molar-refractivity contribution is 7.89. The lowest BCUT2D eigenvalue weighted by Gasteiger charge is -2.18. The first-order chi connectivity index (χ1) is 14.0. The van der Waals surface area contributed by atoms with E-state index in [1.807, 2.05) is 12.1 Å². The number of hydrogen-bond acceptors (Lipinski definition) is 3. The Hall–Kier alpha value is -2.62. The number of alkyl halides is 3. The zero-order valence-corrected chi connectivity index (χ0v) is 17.1. The maximum Gasteiger partial charge on any atom is 0.416 e. The second-order valence-electron chi connectivity index (χ2n) is 6.51. The molecule has 1 amide bonds. The number of halogens is 4. The van der Waals surface area contributed by atoms with Gasteiger partial charge in [-0.1, -0.05) is 41.9 Å². The van der Waals surface area contributed by atoms with Crippen LogP contribution in [0.5, 0.6) is 0 Å². The molecule has 10 heteroatoms. The average Bonchev–Trinajstić information content (AvgIpc) is 2.68. The highest BCUT2D eigenvalue weighted by atomic mass is 35.5. The molecule has 0 radical (unpaired) electrons. The van der Waals surface area contributed by atoms with Crippen molar-refractivity contribution in [1.82, 2.24) is 4.31 Å². The Labute approximate surface area is 176 Å². The summed E-state index contributed by atoms with van der Waals surface area (Å²) >= 11 is 5.85. The molecule has 0 aliphatic heterocycles. The van der Waals surface area contributed by atoms with Crippen LogP contribution in [0.1, 0.15) is 5.56 Å². The third-order valence-electron chi connectivity index (χ3n) is 4.36. The van der Waals surface area contributed by atoms with Crippen molar-refractivity contribution in [1.29, 1.82) is 0 Å². The number of amides is 1. The van der Waals surface area contributed by atoms with Gasteiger partial charge in [0.05, 0.1) is 27.7 Å². The molecular weight excluding hydrogens is 441 g/mol. The number of benzene rings is 3. The third-order valence-corrected chi connectivity index (χ3v) is 6.49. The van der Waals surface area contributed by atoms with E-state index in [9.17, 15) is 26.4 Å². The number of carbonyl (C=O) groups excluding carboxylic acids is 1. The van der Waals surface area contributed by atoms with Gasteiger partial charge in [-0.3, -0.25) is 4.79 Å². The SMILES string of the molecule is CN(CC(=O)Nc1cc(C(F)(F)F)ccc1Cl)S(=O)(=O)c1ccc2ccccc2c1. The van der Waals surface area contributed by atoms with Crippen LogP contribution < -0.4 is 5.32 Å². The van der Waals surface area contributed by atoms with E-state index in [0.29, 0.717) is 11.5 Å². The molecule has 0 aromatic heterocycles. The predicted molar refractivity (Wildman–Crippen MR) is 109 cm³/mol. The van der Waals surface area contributed by atoms with Crippen LogP contribution in [0.15, 0.2) is 65.6 Å². The summed E-state index contributed by atoms with van der Waals surface area (Å²) in [6, 6.07) is 14.2. The molecule has 3 aromatic carbocycles. The summed E-state index contributed by atoms with van der Waals surface area (Å²) in [6.07, 6.45) is -4.61. The molecular formula is C20H16ClF3N2O3S. The lowest BCUT2D eigenvalue weighted by Crippen LogP contribution is -2.35. The number of likely N-dealkylation sites (N-methyl/N-ethyl adjacent to an activating group) is 1. The average molecular weight is 457 g/mol. The van der Waals surface area contributed by atoms with E-state index < -0.39 is 34.2 Å². The molecule has 1 N–H and O–H groups in total. The normalized spacial score (nSPS) is 12.3. The van der Waals surface area contributed by atoms with Crippen molar-refractivity contribution >= 4 is 44.0 Å². The summed E-state index contributed by atoms with van der Waals surface area (Å²) in [5.74, 6) is -0.830. The van der Waals surface area contributed by atoms with Gasteiger partial charge in [0.1, 0.15) is 0 Å². The minimum absolute atomic E-state index is 0.00592. The lowest BCUT2D eigenvalue weighted by molar-refractivity contribution is -0.137. The molecule has 0 atom stereocenters. The van der Waals surface area contributed by atoms with E-state index in [1.165, 1.54) is 19.2 Å². The largest absolute Gasteiger partial charge is 0.416 e. The van der Waals surface area contributed by atoms with Crippen LogP contribution in [-0.2, 0) is 21.0 Å². The Balaban J connectivity index is 1.77. The summed E-state index contributed by atoms with van der Waals surface area (Å²) < 4.78 is 65.0. The maximum atomic E-state index is 12.9. The summed E-state index contributed by atoms with van der Waals surface area (Å²) in [5, 5.41) is 3.70. The summed E-state index contributed by atoms with van der Waals surface area (Å²) in [4.78, 5) is 12.3. The van der Waals surface area contributed by atoms with Gasteiger partial charge in [0, 0.05) is 7.05 Å². The van der Waals surface area contributed by atoms with Gasteiger partial charge in [-0.05, 0) is 41.1 Å². The Morgan fingerprint density at radius 3 is 2.37 bits per heavy atom. The lowest BCUT2D eigenvalue weighted by atomic mass is 10.1. The van der Waals surface area contributed by atoms with Gasteiger partial charge in [-0.15, -0.1) is 0 Å². The van der Waals surface area contributed by atoms with Crippen molar-refractivity contribution in [2.24, 2.45) is 0 Å². The van der Waals surface area contributed by atoms with Crippen LogP contribution in [0, 0.1) is 0 Å². The summed E-state index contributed by atoms with van der Waals surface area (Å²) in [6.45, 7) is -0.609. The number of sulfonamides is 1. The zero-order valence-electron chi connectivity index (χ0n) is 15.6. The number of anilines is 1. The van der Waals surface area contributed by atoms with Gasteiger partial charge in [0.2, 0.25) is 15.9 Å². The number of nitrogens with zero attached hydrogens (tertiary/aromatic N) is 1. The second kappa shape index (κ2) is 8.25. The molecule has 0 aliphatic carbocycles. The van der Waals surface area contributed by atoms with E-state index in [4.69, 9.17) is 11.6 Å². The van der Waals surface area contributed by atoms with Crippen molar-refractivity contribution in [3.8, 4) is 0 Å². The number of fused-ring (bicyclic) bond motifs is 1. The molecule has 0 aliphatic rings. The predicted octanol–water partition coefficient (Wildman–Crippen LogP) is 4.77. The number of nitrogens with one attached hydrogen (secondary N) is 1.